The van der Waals surface area contributed by atoms with Crippen LogP contribution in [-0.2, 0) is 14.3 Å². The summed E-state index contributed by atoms with van der Waals surface area (Å²) in [5, 5.41) is 11.6. The van der Waals surface area contributed by atoms with Crippen molar-refractivity contribution < 1.29 is 24.2 Å². The van der Waals surface area contributed by atoms with Crippen LogP contribution in [0.15, 0.2) is 67.2 Å². The Balaban J connectivity index is 1.70. The van der Waals surface area contributed by atoms with Crippen molar-refractivity contribution in [3.63, 3.8) is 0 Å². The van der Waals surface area contributed by atoms with Crippen molar-refractivity contribution in [2.45, 2.75) is 19.9 Å². The zero-order valence-corrected chi connectivity index (χ0v) is 20.7. The number of carbonyl (C=O) groups excluding carboxylic acids is 3. The number of rotatable bonds is 6. The fourth-order valence-corrected chi connectivity index (χ4v) is 5.27. The number of pyridine rings is 2. The van der Waals surface area contributed by atoms with E-state index < -0.39 is 23.7 Å². The number of ether oxygens (including phenoxy) is 1. The molecule has 4 aromatic rings. The summed E-state index contributed by atoms with van der Waals surface area (Å²) in [7, 11) is 0. The highest BCUT2D eigenvalue weighted by Gasteiger charge is 2.49. The lowest BCUT2D eigenvalue weighted by Crippen LogP contribution is -2.29. The Morgan fingerprint density at radius 1 is 1.19 bits per heavy atom. The second-order valence-electron chi connectivity index (χ2n) is 8.23. The Morgan fingerprint density at radius 2 is 2.00 bits per heavy atom. The normalized spacial score (nSPS) is 16.9. The summed E-state index contributed by atoms with van der Waals surface area (Å²) in [5.74, 6) is -2.76. The zero-order valence-electron chi connectivity index (χ0n) is 19.9. The molecule has 1 unspecified atom stereocenters. The Bertz CT molecular complexity index is 1600. The van der Waals surface area contributed by atoms with Crippen molar-refractivity contribution in [1.29, 1.82) is 0 Å². The lowest BCUT2D eigenvalue weighted by Gasteiger charge is -2.22. The number of fused-ring (bicyclic) bond motifs is 1. The van der Waals surface area contributed by atoms with E-state index in [1.165, 1.54) is 17.2 Å². The van der Waals surface area contributed by atoms with Gasteiger partial charge < -0.3 is 9.84 Å². The van der Waals surface area contributed by atoms with Crippen molar-refractivity contribution in [2.24, 2.45) is 0 Å². The predicted octanol–water partition coefficient (Wildman–Crippen LogP) is 3.77. The number of aromatic nitrogens is 4. The molecule has 11 heteroatoms. The Hall–Kier alpha value is -4.64. The van der Waals surface area contributed by atoms with Crippen LogP contribution in [0.3, 0.4) is 0 Å². The molecular formula is C26H21N5O5S. The first-order valence-electron chi connectivity index (χ1n) is 11.2. The van der Waals surface area contributed by atoms with Crippen LogP contribution in [0.5, 0.6) is 0 Å². The molecule has 4 aromatic heterocycles. The second-order valence-corrected chi connectivity index (χ2v) is 9.21. The Labute approximate surface area is 215 Å². The molecule has 37 heavy (non-hydrogen) atoms. The number of nitrogens with zero attached hydrogens (tertiary/aromatic N) is 5. The minimum absolute atomic E-state index is 0.0182. The van der Waals surface area contributed by atoms with Crippen LogP contribution in [0.2, 0.25) is 0 Å². The number of esters is 1. The van der Waals surface area contributed by atoms with Crippen LogP contribution in [0.1, 0.15) is 38.4 Å². The molecule has 1 saturated heterocycles. The number of aryl methyl sites for hydroxylation is 2. The quantitative estimate of drug-likeness (QED) is 0.135. The number of amides is 1. The molecule has 0 aliphatic carbocycles. The highest BCUT2D eigenvalue weighted by atomic mass is 32.1. The van der Waals surface area contributed by atoms with Crippen molar-refractivity contribution >= 4 is 45.5 Å². The number of aliphatic hydroxyl groups is 1. The van der Waals surface area contributed by atoms with Crippen molar-refractivity contribution in [2.75, 3.05) is 11.5 Å². The second kappa shape index (κ2) is 9.43. The molecule has 1 aliphatic heterocycles. The van der Waals surface area contributed by atoms with Gasteiger partial charge in [0, 0.05) is 18.6 Å². The number of Topliss-reactive ketones (excluding diaryl/α,β-unsaturated/α-hetero) is 1. The zero-order chi connectivity index (χ0) is 26.3. The summed E-state index contributed by atoms with van der Waals surface area (Å²) in [5.41, 5.74) is 2.06. The topological polar surface area (TPSA) is 127 Å². The molecule has 10 nitrogen and oxygen atoms in total. The number of anilines is 1. The average Bonchev–Trinajstić information content (AvgIpc) is 3.53. The molecule has 0 aromatic carbocycles. The first kappa shape index (κ1) is 24.1. The van der Waals surface area contributed by atoms with Gasteiger partial charge in [0.2, 0.25) is 0 Å². The summed E-state index contributed by atoms with van der Waals surface area (Å²) in [6, 6.07) is 7.68. The molecule has 1 amide bonds. The van der Waals surface area contributed by atoms with Gasteiger partial charge in [-0.15, -0.1) is 0 Å². The van der Waals surface area contributed by atoms with E-state index in [-0.39, 0.29) is 27.9 Å². The van der Waals surface area contributed by atoms with E-state index in [4.69, 9.17) is 4.74 Å². The summed E-state index contributed by atoms with van der Waals surface area (Å²) < 4.78 is 6.78. The van der Waals surface area contributed by atoms with E-state index in [2.05, 4.69) is 21.5 Å². The average molecular weight is 516 g/mol. The molecule has 1 fully saturated rings. The molecule has 5 rings (SSSR count). The molecule has 5 heterocycles. The summed E-state index contributed by atoms with van der Waals surface area (Å²) in [4.78, 5) is 53.7. The van der Waals surface area contributed by atoms with Gasteiger partial charge in [-0.25, -0.2) is 14.8 Å². The molecule has 0 saturated carbocycles. The minimum Gasteiger partial charge on any atom is -0.505 e. The summed E-state index contributed by atoms with van der Waals surface area (Å²) >= 11 is 0.927. The lowest BCUT2D eigenvalue weighted by molar-refractivity contribution is -0.132. The number of ketones is 1. The first-order valence-corrected chi connectivity index (χ1v) is 12.1. The van der Waals surface area contributed by atoms with E-state index in [1.807, 2.05) is 6.07 Å². The maximum Gasteiger partial charge on any atom is 0.350 e. The van der Waals surface area contributed by atoms with E-state index in [9.17, 15) is 19.5 Å². The third-order valence-electron chi connectivity index (χ3n) is 5.88. The number of thiazole rings is 1. The molecule has 186 valence electrons. The molecular weight excluding hydrogens is 494 g/mol. The van der Waals surface area contributed by atoms with Gasteiger partial charge in [-0.05, 0) is 37.6 Å². The van der Waals surface area contributed by atoms with Crippen LogP contribution in [0.25, 0.3) is 11.4 Å². The Kier molecular flexibility index (Phi) is 6.14. The molecule has 0 radical (unpaired) electrons. The van der Waals surface area contributed by atoms with Crippen LogP contribution >= 0.6 is 11.3 Å². The largest absolute Gasteiger partial charge is 0.505 e. The SMILES string of the molecule is C=CCOC(=O)c1sc(N2C(=O)C(=O)C(=C(O)c3c(C)nc4ccccn34)C2c2cccnc2)nc1C. The number of aliphatic hydroxyl groups excluding tert-OH is 1. The van der Waals surface area contributed by atoms with Gasteiger partial charge in [-0.2, -0.15) is 0 Å². The van der Waals surface area contributed by atoms with Crippen LogP contribution in [0, 0.1) is 13.8 Å². The van der Waals surface area contributed by atoms with Gasteiger partial charge in [0.05, 0.1) is 23.0 Å². The maximum absolute atomic E-state index is 13.4. The van der Waals surface area contributed by atoms with Crippen LogP contribution in [-0.4, -0.2) is 48.7 Å². The standard InChI is InChI=1S/C26H21N5O5S/c1-4-12-36-25(35)23-15(3)29-26(37-23)31-20(16-8-7-10-27-13-16)18(22(33)24(31)34)21(32)19-14(2)28-17-9-5-6-11-30(17)19/h4-11,13,20,32H,1,12H2,2-3H3. The van der Waals surface area contributed by atoms with E-state index in [0.717, 1.165) is 11.3 Å². The third-order valence-corrected chi connectivity index (χ3v) is 7.02. The van der Waals surface area contributed by atoms with Crippen molar-refractivity contribution in [3.8, 4) is 0 Å². The number of imidazole rings is 1. The van der Waals surface area contributed by atoms with Crippen molar-refractivity contribution in [3.05, 3.63) is 94.7 Å². The number of carbonyl (C=O) groups is 3. The summed E-state index contributed by atoms with van der Waals surface area (Å²) in [6.07, 6.45) is 6.23. The van der Waals surface area contributed by atoms with Crippen LogP contribution in [0.4, 0.5) is 5.13 Å². The highest BCUT2D eigenvalue weighted by Crippen LogP contribution is 2.44. The van der Waals surface area contributed by atoms with Gasteiger partial charge >= 0.3 is 11.9 Å². The molecule has 1 aliphatic rings. The molecule has 1 atom stereocenters. The smallest absolute Gasteiger partial charge is 0.350 e. The highest BCUT2D eigenvalue weighted by molar-refractivity contribution is 7.17. The minimum atomic E-state index is -1.04. The monoisotopic (exact) mass is 515 g/mol. The van der Waals surface area contributed by atoms with Gasteiger partial charge in [0.15, 0.2) is 10.9 Å². The van der Waals surface area contributed by atoms with Crippen LogP contribution < -0.4 is 4.90 Å². The molecule has 0 spiro atoms. The number of hydrogen-bond acceptors (Lipinski definition) is 9. The maximum atomic E-state index is 13.4. The fraction of sp³-hybridized carbons (Fsp3) is 0.154. The lowest BCUT2D eigenvalue weighted by atomic mass is 9.97. The summed E-state index contributed by atoms with van der Waals surface area (Å²) in [6.45, 7) is 6.87. The van der Waals surface area contributed by atoms with Gasteiger partial charge in [-0.3, -0.25) is 23.9 Å². The third kappa shape index (κ3) is 3.99. The van der Waals surface area contributed by atoms with Crippen molar-refractivity contribution in [1.82, 2.24) is 19.4 Å². The Morgan fingerprint density at radius 3 is 2.73 bits per heavy atom. The van der Waals surface area contributed by atoms with Gasteiger partial charge in [0.1, 0.15) is 22.8 Å². The first-order chi connectivity index (χ1) is 17.8. The fourth-order valence-electron chi connectivity index (χ4n) is 4.28. The molecule has 0 bridgehead atoms. The van der Waals surface area contributed by atoms with E-state index in [1.54, 1.807) is 54.9 Å². The van der Waals surface area contributed by atoms with E-state index in [0.29, 0.717) is 28.3 Å². The number of hydrogen-bond donors (Lipinski definition) is 1. The van der Waals surface area contributed by atoms with E-state index >= 15 is 0 Å². The predicted molar refractivity (Wildman–Crippen MR) is 136 cm³/mol. The van der Waals surface area contributed by atoms with Gasteiger partial charge in [0.25, 0.3) is 5.78 Å². The van der Waals surface area contributed by atoms with Gasteiger partial charge in [-0.1, -0.05) is 36.1 Å². The molecule has 1 N–H and O–H groups in total.